The van der Waals surface area contributed by atoms with E-state index in [1.54, 1.807) is 7.05 Å². The highest BCUT2D eigenvalue weighted by Gasteiger charge is 2.05. The third-order valence-electron chi connectivity index (χ3n) is 3.57. The smallest absolute Gasteiger partial charge is 0.221 e. The Morgan fingerprint density at radius 1 is 1.12 bits per heavy atom. The molecule has 1 amide bonds. The van der Waals surface area contributed by atoms with Crippen molar-refractivity contribution in [2.45, 2.75) is 45.8 Å². The number of nitrogens with zero attached hydrogens (tertiary/aromatic N) is 1. The van der Waals surface area contributed by atoms with E-state index in [0.717, 1.165) is 13.0 Å². The Labute approximate surface area is 151 Å². The van der Waals surface area contributed by atoms with Crippen molar-refractivity contribution in [2.24, 2.45) is 4.99 Å². The highest BCUT2D eigenvalue weighted by atomic mass is 16.5. The number of aliphatic imine (C=N–C) groups is 1. The van der Waals surface area contributed by atoms with Gasteiger partial charge >= 0.3 is 0 Å². The molecule has 0 aliphatic rings. The maximum Gasteiger partial charge on any atom is 0.221 e. The number of hydrogen-bond donors (Lipinski definition) is 3. The minimum atomic E-state index is 0.0428. The van der Waals surface area contributed by atoms with Gasteiger partial charge in [-0.05, 0) is 32.8 Å². The van der Waals surface area contributed by atoms with Crippen LogP contribution in [0.2, 0.25) is 0 Å². The zero-order chi connectivity index (χ0) is 18.5. The molecule has 140 valence electrons. The third kappa shape index (κ3) is 9.72. The molecule has 1 aromatic rings. The number of carbonyl (C=O) groups is 1. The molecule has 1 unspecified atom stereocenters. The van der Waals surface area contributed by atoms with Gasteiger partial charge < -0.3 is 20.7 Å². The number of hydrogen-bond acceptors (Lipinski definition) is 3. The van der Waals surface area contributed by atoms with Gasteiger partial charge in [-0.2, -0.15) is 0 Å². The normalized spacial score (nSPS) is 12.8. The van der Waals surface area contributed by atoms with Crippen LogP contribution in [-0.4, -0.2) is 44.7 Å². The number of guanidine groups is 1. The highest BCUT2D eigenvalue weighted by Crippen LogP contribution is 2.15. The van der Waals surface area contributed by atoms with Gasteiger partial charge in [-0.1, -0.05) is 30.3 Å². The van der Waals surface area contributed by atoms with Crippen molar-refractivity contribution in [3.63, 3.8) is 0 Å². The van der Waals surface area contributed by atoms with E-state index in [0.29, 0.717) is 25.5 Å². The summed E-state index contributed by atoms with van der Waals surface area (Å²) in [5.74, 6) is 0.745. The summed E-state index contributed by atoms with van der Waals surface area (Å²) < 4.78 is 5.84. The van der Waals surface area contributed by atoms with Gasteiger partial charge in [-0.3, -0.25) is 9.79 Å². The van der Waals surface area contributed by atoms with Crippen molar-refractivity contribution in [1.29, 1.82) is 0 Å². The van der Waals surface area contributed by atoms with Crippen LogP contribution in [0.15, 0.2) is 35.3 Å². The monoisotopic (exact) mass is 348 g/mol. The van der Waals surface area contributed by atoms with Crippen LogP contribution in [0.25, 0.3) is 0 Å². The molecular weight excluding hydrogens is 316 g/mol. The standard InChI is InChI=1S/C19H32N4O2/c1-15(2)23-18(24)11-13-22-19(20-4)21-12-8-14-25-16(3)17-9-6-5-7-10-17/h5-7,9-10,15-16H,8,11-14H2,1-4H3,(H,23,24)(H2,20,21,22). The number of amides is 1. The molecule has 0 saturated heterocycles. The van der Waals surface area contributed by atoms with Gasteiger partial charge in [-0.15, -0.1) is 0 Å². The predicted octanol–water partition coefficient (Wildman–Crippen LogP) is 2.23. The predicted molar refractivity (Wildman–Crippen MR) is 103 cm³/mol. The fourth-order valence-corrected chi connectivity index (χ4v) is 2.27. The molecule has 3 N–H and O–H groups in total. The molecule has 6 nitrogen and oxygen atoms in total. The second kappa shape index (κ2) is 12.3. The van der Waals surface area contributed by atoms with E-state index in [2.05, 4.69) is 40.0 Å². The topological polar surface area (TPSA) is 74.8 Å². The largest absolute Gasteiger partial charge is 0.374 e. The van der Waals surface area contributed by atoms with Crippen molar-refractivity contribution in [2.75, 3.05) is 26.7 Å². The first-order valence-electron chi connectivity index (χ1n) is 8.93. The lowest BCUT2D eigenvalue weighted by atomic mass is 10.1. The second-order valence-corrected chi connectivity index (χ2v) is 6.18. The van der Waals surface area contributed by atoms with E-state index in [1.807, 2.05) is 32.0 Å². The number of rotatable bonds is 10. The zero-order valence-electron chi connectivity index (χ0n) is 15.8. The summed E-state index contributed by atoms with van der Waals surface area (Å²) in [6.07, 6.45) is 1.40. The van der Waals surface area contributed by atoms with E-state index >= 15 is 0 Å². The average Bonchev–Trinajstić information content (AvgIpc) is 2.59. The van der Waals surface area contributed by atoms with E-state index in [4.69, 9.17) is 4.74 Å². The fraction of sp³-hybridized carbons (Fsp3) is 0.579. The summed E-state index contributed by atoms with van der Waals surface area (Å²) in [6, 6.07) is 10.4. The van der Waals surface area contributed by atoms with E-state index in [1.165, 1.54) is 5.56 Å². The van der Waals surface area contributed by atoms with Gasteiger partial charge in [0.2, 0.25) is 5.91 Å². The molecule has 0 saturated carbocycles. The lowest BCUT2D eigenvalue weighted by molar-refractivity contribution is -0.121. The van der Waals surface area contributed by atoms with Crippen LogP contribution in [0, 0.1) is 0 Å². The third-order valence-corrected chi connectivity index (χ3v) is 3.57. The molecule has 6 heteroatoms. The molecule has 25 heavy (non-hydrogen) atoms. The summed E-state index contributed by atoms with van der Waals surface area (Å²) in [5, 5.41) is 9.22. The molecule has 0 bridgehead atoms. The molecule has 0 spiro atoms. The van der Waals surface area contributed by atoms with Crippen LogP contribution in [0.5, 0.6) is 0 Å². The van der Waals surface area contributed by atoms with Gasteiger partial charge in [0, 0.05) is 39.2 Å². The van der Waals surface area contributed by atoms with Crippen LogP contribution < -0.4 is 16.0 Å². The van der Waals surface area contributed by atoms with Crippen molar-refractivity contribution in [3.05, 3.63) is 35.9 Å². The molecule has 1 aromatic carbocycles. The summed E-state index contributed by atoms with van der Waals surface area (Å²) in [7, 11) is 1.72. The Balaban J connectivity index is 2.12. The fourth-order valence-electron chi connectivity index (χ4n) is 2.27. The molecule has 1 rings (SSSR count). The lowest BCUT2D eigenvalue weighted by Crippen LogP contribution is -2.40. The van der Waals surface area contributed by atoms with Crippen LogP contribution in [0.3, 0.4) is 0 Å². The Hall–Kier alpha value is -2.08. The minimum absolute atomic E-state index is 0.0428. The summed E-state index contributed by atoms with van der Waals surface area (Å²) >= 11 is 0. The Bertz CT molecular complexity index is 517. The van der Waals surface area contributed by atoms with Crippen LogP contribution in [0.4, 0.5) is 0 Å². The van der Waals surface area contributed by atoms with Gasteiger partial charge in [0.1, 0.15) is 0 Å². The lowest BCUT2D eigenvalue weighted by Gasteiger charge is -2.15. The average molecular weight is 348 g/mol. The number of ether oxygens (including phenoxy) is 1. The number of carbonyl (C=O) groups excluding carboxylic acids is 1. The number of nitrogens with one attached hydrogen (secondary N) is 3. The van der Waals surface area contributed by atoms with Gasteiger partial charge in [0.05, 0.1) is 6.10 Å². The van der Waals surface area contributed by atoms with Gasteiger partial charge in [0.25, 0.3) is 0 Å². The summed E-state index contributed by atoms with van der Waals surface area (Å²) in [6.45, 7) is 7.96. The maximum absolute atomic E-state index is 11.6. The Morgan fingerprint density at radius 2 is 1.80 bits per heavy atom. The van der Waals surface area contributed by atoms with E-state index in [9.17, 15) is 4.79 Å². The van der Waals surface area contributed by atoms with Gasteiger partial charge in [0.15, 0.2) is 5.96 Å². The quantitative estimate of drug-likeness (QED) is 0.344. The molecule has 0 aromatic heterocycles. The summed E-state index contributed by atoms with van der Waals surface area (Å²) in [4.78, 5) is 15.7. The zero-order valence-corrected chi connectivity index (χ0v) is 15.8. The molecule has 0 aliphatic carbocycles. The van der Waals surface area contributed by atoms with Crippen molar-refractivity contribution in [3.8, 4) is 0 Å². The van der Waals surface area contributed by atoms with Crippen molar-refractivity contribution >= 4 is 11.9 Å². The summed E-state index contributed by atoms with van der Waals surface area (Å²) in [5.41, 5.74) is 1.19. The molecule has 1 atom stereocenters. The maximum atomic E-state index is 11.6. The minimum Gasteiger partial charge on any atom is -0.374 e. The molecule has 0 aliphatic heterocycles. The SMILES string of the molecule is CN=C(NCCCOC(C)c1ccccc1)NCCC(=O)NC(C)C. The molecule has 0 fully saturated rings. The molecule has 0 radical (unpaired) electrons. The number of benzene rings is 1. The van der Waals surface area contributed by atoms with Crippen molar-refractivity contribution < 1.29 is 9.53 Å². The molecule has 0 heterocycles. The first-order chi connectivity index (χ1) is 12.0. The van der Waals surface area contributed by atoms with Crippen LogP contribution in [0.1, 0.15) is 45.3 Å². The Kier molecular flexibility index (Phi) is 10.3. The second-order valence-electron chi connectivity index (χ2n) is 6.18. The van der Waals surface area contributed by atoms with Gasteiger partial charge in [-0.25, -0.2) is 0 Å². The van der Waals surface area contributed by atoms with E-state index in [-0.39, 0.29) is 18.1 Å². The van der Waals surface area contributed by atoms with E-state index < -0.39 is 0 Å². The van der Waals surface area contributed by atoms with Crippen molar-refractivity contribution in [1.82, 2.24) is 16.0 Å². The Morgan fingerprint density at radius 3 is 2.44 bits per heavy atom. The van der Waals surface area contributed by atoms with Crippen LogP contribution >= 0.6 is 0 Å². The highest BCUT2D eigenvalue weighted by molar-refractivity contribution is 5.81. The van der Waals surface area contributed by atoms with Crippen LogP contribution in [-0.2, 0) is 9.53 Å². The first-order valence-corrected chi connectivity index (χ1v) is 8.93. The first kappa shape index (κ1) is 21.0. The molecular formula is C19H32N4O2.